The van der Waals surface area contributed by atoms with E-state index in [1.165, 1.54) is 12.8 Å². The lowest BCUT2D eigenvalue weighted by Gasteiger charge is -2.33. The zero-order valence-electron chi connectivity index (χ0n) is 10.6. The number of hydrogen-bond donors (Lipinski definition) is 2. The molecule has 1 heterocycles. The number of nitrogens with one attached hydrogen (secondary N) is 2. The van der Waals surface area contributed by atoms with Crippen molar-refractivity contribution < 1.29 is 4.79 Å². The van der Waals surface area contributed by atoms with Crippen LogP contribution in [0.2, 0.25) is 0 Å². The fourth-order valence-electron chi connectivity index (χ4n) is 2.30. The molecule has 0 spiro atoms. The molecule has 16 heavy (non-hydrogen) atoms. The summed E-state index contributed by atoms with van der Waals surface area (Å²) < 4.78 is 0. The molecular formula is C12H25N3O. The van der Waals surface area contributed by atoms with Crippen molar-refractivity contribution in [2.45, 2.75) is 39.2 Å². The lowest BCUT2D eigenvalue weighted by atomic mass is 10.0. The van der Waals surface area contributed by atoms with E-state index in [1.54, 1.807) is 0 Å². The smallest absolute Gasteiger partial charge is 0.221 e. The van der Waals surface area contributed by atoms with Gasteiger partial charge in [-0.15, -0.1) is 0 Å². The van der Waals surface area contributed by atoms with Gasteiger partial charge in [0, 0.05) is 25.6 Å². The number of amides is 1. The van der Waals surface area contributed by atoms with Gasteiger partial charge in [-0.2, -0.15) is 0 Å². The minimum Gasteiger partial charge on any atom is -0.356 e. The Morgan fingerprint density at radius 1 is 1.38 bits per heavy atom. The first kappa shape index (κ1) is 13.5. The van der Waals surface area contributed by atoms with Gasteiger partial charge in [-0.25, -0.2) is 0 Å². The van der Waals surface area contributed by atoms with Crippen molar-refractivity contribution >= 4 is 5.91 Å². The minimum absolute atomic E-state index is 0.176. The van der Waals surface area contributed by atoms with Gasteiger partial charge in [0.05, 0.1) is 0 Å². The predicted octanol–water partition coefficient (Wildman–Crippen LogP) is 0.587. The molecule has 0 saturated carbocycles. The van der Waals surface area contributed by atoms with Crippen molar-refractivity contribution in [1.82, 2.24) is 15.5 Å². The molecule has 1 amide bonds. The normalized spacial score (nSPS) is 17.7. The molecule has 0 aromatic rings. The summed E-state index contributed by atoms with van der Waals surface area (Å²) in [6.45, 7) is 9.04. The topological polar surface area (TPSA) is 44.4 Å². The average Bonchev–Trinajstić information content (AvgIpc) is 2.31. The fraction of sp³-hybridized carbons (Fsp3) is 0.917. The molecule has 1 saturated heterocycles. The largest absolute Gasteiger partial charge is 0.356 e. The van der Waals surface area contributed by atoms with Gasteiger partial charge >= 0.3 is 0 Å². The van der Waals surface area contributed by atoms with Crippen LogP contribution in [0.3, 0.4) is 0 Å². The van der Waals surface area contributed by atoms with Gasteiger partial charge < -0.3 is 15.5 Å². The summed E-state index contributed by atoms with van der Waals surface area (Å²) in [7, 11) is 0. The van der Waals surface area contributed by atoms with E-state index in [1.807, 2.05) is 6.92 Å². The van der Waals surface area contributed by atoms with E-state index in [0.29, 0.717) is 12.5 Å². The zero-order chi connectivity index (χ0) is 11.8. The summed E-state index contributed by atoms with van der Waals surface area (Å²) in [4.78, 5) is 13.8. The SMILES string of the molecule is CCNC(=O)CCN(CC)C1CCNCC1. The van der Waals surface area contributed by atoms with Crippen LogP contribution in [0, 0.1) is 0 Å². The van der Waals surface area contributed by atoms with E-state index >= 15 is 0 Å². The molecule has 0 unspecified atom stereocenters. The Kier molecular flexibility index (Phi) is 6.42. The molecule has 4 nitrogen and oxygen atoms in total. The molecule has 0 aliphatic carbocycles. The fourth-order valence-corrected chi connectivity index (χ4v) is 2.30. The van der Waals surface area contributed by atoms with Crippen molar-refractivity contribution in [2.24, 2.45) is 0 Å². The lowest BCUT2D eigenvalue weighted by Crippen LogP contribution is -2.44. The number of rotatable bonds is 6. The molecule has 1 aliphatic rings. The first-order valence-corrected chi connectivity index (χ1v) is 6.49. The maximum absolute atomic E-state index is 11.4. The maximum Gasteiger partial charge on any atom is 0.221 e. The molecule has 1 rings (SSSR count). The summed E-state index contributed by atoms with van der Waals surface area (Å²) in [5.41, 5.74) is 0. The van der Waals surface area contributed by atoms with Crippen LogP contribution in [0.25, 0.3) is 0 Å². The van der Waals surface area contributed by atoms with E-state index in [0.717, 1.165) is 32.7 Å². The highest BCUT2D eigenvalue weighted by Gasteiger charge is 2.19. The van der Waals surface area contributed by atoms with Crippen LogP contribution in [-0.4, -0.2) is 49.6 Å². The van der Waals surface area contributed by atoms with Crippen molar-refractivity contribution in [3.8, 4) is 0 Å². The Balaban J connectivity index is 2.27. The summed E-state index contributed by atoms with van der Waals surface area (Å²) in [5, 5.41) is 6.22. The Labute approximate surface area is 98.8 Å². The van der Waals surface area contributed by atoms with Crippen molar-refractivity contribution in [2.75, 3.05) is 32.7 Å². The lowest BCUT2D eigenvalue weighted by molar-refractivity contribution is -0.121. The Hall–Kier alpha value is -0.610. The van der Waals surface area contributed by atoms with E-state index in [-0.39, 0.29) is 5.91 Å². The standard InChI is InChI=1S/C12H25N3O/c1-3-14-12(16)7-10-15(4-2)11-5-8-13-9-6-11/h11,13H,3-10H2,1-2H3,(H,14,16). The number of carbonyl (C=O) groups excluding carboxylic acids is 1. The minimum atomic E-state index is 0.176. The van der Waals surface area contributed by atoms with E-state index in [4.69, 9.17) is 0 Å². The molecule has 94 valence electrons. The first-order chi connectivity index (χ1) is 7.77. The van der Waals surface area contributed by atoms with Crippen LogP contribution in [0.5, 0.6) is 0 Å². The van der Waals surface area contributed by atoms with Crippen molar-refractivity contribution in [3.05, 3.63) is 0 Å². The second-order valence-corrected chi connectivity index (χ2v) is 4.31. The van der Waals surface area contributed by atoms with Gasteiger partial charge in [-0.05, 0) is 39.4 Å². The number of hydrogen-bond acceptors (Lipinski definition) is 3. The van der Waals surface area contributed by atoms with Crippen LogP contribution in [0.1, 0.15) is 33.1 Å². The maximum atomic E-state index is 11.4. The molecular weight excluding hydrogens is 202 g/mol. The summed E-state index contributed by atoms with van der Waals surface area (Å²) in [5.74, 6) is 0.176. The van der Waals surface area contributed by atoms with Crippen molar-refractivity contribution in [1.29, 1.82) is 0 Å². The molecule has 2 N–H and O–H groups in total. The number of nitrogens with zero attached hydrogens (tertiary/aromatic N) is 1. The van der Waals surface area contributed by atoms with Crippen LogP contribution in [-0.2, 0) is 4.79 Å². The third-order valence-electron chi connectivity index (χ3n) is 3.23. The molecule has 1 fully saturated rings. The summed E-state index contributed by atoms with van der Waals surface area (Å²) >= 11 is 0. The molecule has 0 radical (unpaired) electrons. The summed E-state index contributed by atoms with van der Waals surface area (Å²) in [6, 6.07) is 0.667. The third-order valence-corrected chi connectivity index (χ3v) is 3.23. The highest BCUT2D eigenvalue weighted by atomic mass is 16.1. The third kappa shape index (κ3) is 4.49. The first-order valence-electron chi connectivity index (χ1n) is 6.49. The van der Waals surface area contributed by atoms with E-state index in [9.17, 15) is 4.79 Å². The highest BCUT2D eigenvalue weighted by Crippen LogP contribution is 2.11. The molecule has 0 atom stereocenters. The Morgan fingerprint density at radius 2 is 2.06 bits per heavy atom. The van der Waals surface area contributed by atoms with Crippen molar-refractivity contribution in [3.63, 3.8) is 0 Å². The van der Waals surface area contributed by atoms with Gasteiger partial charge in [0.15, 0.2) is 0 Å². The average molecular weight is 227 g/mol. The quantitative estimate of drug-likeness (QED) is 0.698. The van der Waals surface area contributed by atoms with Crippen LogP contribution >= 0.6 is 0 Å². The van der Waals surface area contributed by atoms with E-state index < -0.39 is 0 Å². The molecule has 0 aromatic carbocycles. The van der Waals surface area contributed by atoms with Crippen LogP contribution in [0.4, 0.5) is 0 Å². The van der Waals surface area contributed by atoms with Crippen LogP contribution < -0.4 is 10.6 Å². The highest BCUT2D eigenvalue weighted by molar-refractivity contribution is 5.75. The number of piperidine rings is 1. The zero-order valence-corrected chi connectivity index (χ0v) is 10.6. The van der Waals surface area contributed by atoms with Crippen LogP contribution in [0.15, 0.2) is 0 Å². The predicted molar refractivity (Wildman–Crippen MR) is 66.4 cm³/mol. The van der Waals surface area contributed by atoms with Gasteiger partial charge in [-0.3, -0.25) is 4.79 Å². The van der Waals surface area contributed by atoms with E-state index in [2.05, 4.69) is 22.5 Å². The summed E-state index contributed by atoms with van der Waals surface area (Å²) in [6.07, 6.45) is 3.05. The monoisotopic (exact) mass is 227 g/mol. The number of carbonyl (C=O) groups is 1. The van der Waals surface area contributed by atoms with Gasteiger partial charge in [0.25, 0.3) is 0 Å². The molecule has 0 aromatic heterocycles. The van der Waals surface area contributed by atoms with Gasteiger partial charge in [0.2, 0.25) is 5.91 Å². The molecule has 4 heteroatoms. The second kappa shape index (κ2) is 7.63. The second-order valence-electron chi connectivity index (χ2n) is 4.31. The van der Waals surface area contributed by atoms with Gasteiger partial charge in [-0.1, -0.05) is 6.92 Å². The Bertz CT molecular complexity index is 202. The van der Waals surface area contributed by atoms with Gasteiger partial charge in [0.1, 0.15) is 0 Å². The Morgan fingerprint density at radius 3 is 2.62 bits per heavy atom. The molecule has 1 aliphatic heterocycles. The molecule has 0 bridgehead atoms.